The van der Waals surface area contributed by atoms with Crippen LogP contribution < -0.4 is 97.5 Å². The maximum Gasteiger partial charge on any atom is 1.00 e. The summed E-state index contributed by atoms with van der Waals surface area (Å²) >= 11 is 0. The zero-order valence-corrected chi connectivity index (χ0v) is 10.9. The molecule has 0 unspecified atom stereocenters. The second-order valence-corrected chi connectivity index (χ2v) is 0. The van der Waals surface area contributed by atoms with Crippen LogP contribution in [0, 0.1) is 0 Å². The minimum atomic E-state index is 0. The minimum Gasteiger partial charge on any atom is -1.00 e. The first kappa shape index (κ1) is 44.5. The van der Waals surface area contributed by atoms with E-state index in [1.165, 1.54) is 0 Å². The van der Waals surface area contributed by atoms with Crippen LogP contribution in [0.25, 0.3) is 0 Å². The number of rotatable bonds is 0. The molecule has 0 aromatic rings. The van der Waals surface area contributed by atoms with Gasteiger partial charge in [-0.25, -0.2) is 0 Å². The van der Waals surface area contributed by atoms with Crippen molar-refractivity contribution in [3.63, 3.8) is 0 Å². The smallest absolute Gasteiger partial charge is 1.00 e. The van der Waals surface area contributed by atoms with Crippen molar-refractivity contribution in [1.29, 1.82) is 0 Å². The predicted octanol–water partition coefficient (Wildman–Crippen LogP) is -15.0. The van der Waals surface area contributed by atoms with E-state index in [1.807, 2.05) is 0 Å². The van der Waals surface area contributed by atoms with Crippen molar-refractivity contribution in [2.24, 2.45) is 0 Å². The zero-order valence-electron chi connectivity index (χ0n) is 2.51. The minimum absolute atomic E-state index is 0. The van der Waals surface area contributed by atoms with Gasteiger partial charge in [-0.3, -0.25) is 0 Å². The van der Waals surface area contributed by atoms with Crippen LogP contribution in [-0.4, -0.2) is 0 Å². The fourth-order valence-corrected chi connectivity index (χ4v) is 0. The monoisotopic (exact) mass is 339 g/mol. The van der Waals surface area contributed by atoms with Gasteiger partial charge in [-0.1, -0.05) is 0 Å². The fraction of sp³-hybridized carbons (Fsp3) is 0. The van der Waals surface area contributed by atoms with Gasteiger partial charge < -0.3 is 67.9 Å². The molecule has 0 N–H and O–H groups in total. The molecule has 0 aromatic carbocycles. The van der Waals surface area contributed by atoms with Gasteiger partial charge in [-0.2, -0.15) is 0 Å². The van der Waals surface area contributed by atoms with Crippen molar-refractivity contribution in [2.75, 3.05) is 0 Å². The van der Waals surface area contributed by atoms with Crippen molar-refractivity contribution in [3.05, 3.63) is 0 Å². The Kier molecular flexibility index (Phi) is 253. The maximum atomic E-state index is 0. The molecule has 0 bridgehead atoms. The number of halogens is 4. The summed E-state index contributed by atoms with van der Waals surface area (Å²) in [5.41, 5.74) is 0. The number of hydrogen-bond acceptors (Lipinski definition) is 0. The van der Waals surface area contributed by atoms with E-state index in [0.29, 0.717) is 0 Å². The maximum absolute atomic E-state index is 0. The van der Waals surface area contributed by atoms with Gasteiger partial charge in [-0.15, -0.1) is 0 Å². The molecule has 32 valence electrons. The van der Waals surface area contributed by atoms with Crippen LogP contribution in [0.2, 0.25) is 0 Å². The van der Waals surface area contributed by atoms with E-state index in [9.17, 15) is 0 Å². The van der Waals surface area contributed by atoms with E-state index in [4.69, 9.17) is 0 Å². The van der Waals surface area contributed by atoms with Gasteiger partial charge >= 0.3 is 29.6 Å². The third-order valence-corrected chi connectivity index (χ3v) is 0. The first-order valence-corrected chi connectivity index (χ1v) is 0. The second kappa shape index (κ2) is 28.4. The van der Waals surface area contributed by atoms with E-state index in [1.54, 1.807) is 0 Å². The molecule has 0 rings (SSSR count). The van der Waals surface area contributed by atoms with E-state index < -0.39 is 0 Å². The summed E-state index contributed by atoms with van der Waals surface area (Å²) < 4.78 is 0. The Hall–Kier alpha value is 2.92. The summed E-state index contributed by atoms with van der Waals surface area (Å²) in [6.07, 6.45) is 0. The molecule has 0 radical (unpaired) electrons. The molecule has 0 aromatic heterocycles. The molecule has 0 aliphatic carbocycles. The molecule has 0 amide bonds. The van der Waals surface area contributed by atoms with Gasteiger partial charge in [0.05, 0.1) is 0 Å². The summed E-state index contributed by atoms with van der Waals surface area (Å²) in [5.74, 6) is 0. The van der Waals surface area contributed by atoms with Crippen LogP contribution in [0.15, 0.2) is 0 Å². The van der Waals surface area contributed by atoms with Crippen molar-refractivity contribution in [2.45, 2.75) is 0 Å². The molecule has 0 atom stereocenters. The fourth-order valence-electron chi connectivity index (χ4n) is 0. The van der Waals surface area contributed by atoms with Gasteiger partial charge in [0.15, 0.2) is 0 Å². The largest absolute Gasteiger partial charge is 1.00 e. The Morgan fingerprint density at radius 2 is 0.400 bits per heavy atom. The summed E-state index contributed by atoms with van der Waals surface area (Å²) in [6.45, 7) is 0. The molecular weight excluding hydrogens is 343 g/mol. The molecule has 5 heteroatoms. The Balaban J connectivity index is 0. The average molecular weight is 343 g/mol. The van der Waals surface area contributed by atoms with Crippen LogP contribution in [0.4, 0.5) is 0 Å². The quantitative estimate of drug-likeness (QED) is 0.384. The van der Waals surface area contributed by atoms with E-state index >= 15 is 0 Å². The molecule has 0 nitrogen and oxygen atoms in total. The Labute approximate surface area is 95.8 Å². The van der Waals surface area contributed by atoms with Gasteiger partial charge in [0.2, 0.25) is 0 Å². The zero-order chi connectivity index (χ0) is 0. The van der Waals surface area contributed by atoms with Crippen LogP contribution >= 0.6 is 0 Å². The van der Waals surface area contributed by atoms with Crippen molar-refractivity contribution < 1.29 is 97.5 Å². The Morgan fingerprint density at radius 3 is 0.400 bits per heavy atom. The third kappa shape index (κ3) is 19.6. The van der Waals surface area contributed by atoms with E-state index in [0.717, 1.165) is 0 Å². The Bertz CT molecular complexity index is 3.61. The average Bonchev–Trinajstić information content (AvgIpc) is 0. The molecule has 0 aliphatic heterocycles. The van der Waals surface area contributed by atoms with Crippen molar-refractivity contribution in [3.8, 4) is 0 Å². The molecule has 0 saturated heterocycles. The molecule has 5 heavy (non-hydrogen) atoms. The molecule has 0 heterocycles. The van der Waals surface area contributed by atoms with Crippen LogP contribution in [-0.2, 0) is 0 Å². The topological polar surface area (TPSA) is 0 Å². The molecule has 0 aliphatic rings. The third-order valence-electron chi connectivity index (χ3n) is 0. The normalized spacial score (nSPS) is 0. The van der Waals surface area contributed by atoms with Crippen molar-refractivity contribution in [1.82, 2.24) is 0 Å². The Morgan fingerprint density at radius 1 is 0.400 bits per heavy atom. The summed E-state index contributed by atoms with van der Waals surface area (Å²) in [6, 6.07) is 0. The molecular formula is Br4Na-3. The van der Waals surface area contributed by atoms with Gasteiger partial charge in [0.25, 0.3) is 0 Å². The van der Waals surface area contributed by atoms with E-state index in [2.05, 4.69) is 0 Å². The number of hydrogen-bond donors (Lipinski definition) is 0. The van der Waals surface area contributed by atoms with Gasteiger partial charge in [0, 0.05) is 0 Å². The van der Waals surface area contributed by atoms with E-state index in [-0.39, 0.29) is 97.5 Å². The summed E-state index contributed by atoms with van der Waals surface area (Å²) in [5, 5.41) is 0. The standard InChI is InChI=1S/4BrH.Na/h4*1H;/q;;;;+1/p-4. The summed E-state index contributed by atoms with van der Waals surface area (Å²) in [7, 11) is 0. The van der Waals surface area contributed by atoms with Crippen molar-refractivity contribution >= 4 is 0 Å². The predicted molar refractivity (Wildman–Crippen MR) is 0 cm³/mol. The van der Waals surface area contributed by atoms with Crippen LogP contribution in [0.5, 0.6) is 0 Å². The molecule has 0 fully saturated rings. The molecule has 0 saturated carbocycles. The van der Waals surface area contributed by atoms with Crippen LogP contribution in [0.1, 0.15) is 0 Å². The molecule has 0 spiro atoms. The SMILES string of the molecule is [Br-].[Br-].[Br-].[Br-].[Na+]. The van der Waals surface area contributed by atoms with Gasteiger partial charge in [0.1, 0.15) is 0 Å². The summed E-state index contributed by atoms with van der Waals surface area (Å²) in [4.78, 5) is 0. The van der Waals surface area contributed by atoms with Gasteiger partial charge in [-0.05, 0) is 0 Å². The second-order valence-electron chi connectivity index (χ2n) is 0. The first-order valence-electron chi connectivity index (χ1n) is 0. The first-order chi connectivity index (χ1) is 0. The van der Waals surface area contributed by atoms with Crippen LogP contribution in [0.3, 0.4) is 0 Å².